The average Bonchev–Trinajstić information content (AvgIpc) is 3.19. The first-order valence-corrected chi connectivity index (χ1v) is 9.28. The van der Waals surface area contributed by atoms with Crippen LogP contribution in [0.15, 0.2) is 54.7 Å². The van der Waals surface area contributed by atoms with Gasteiger partial charge in [0.25, 0.3) is 5.91 Å². The summed E-state index contributed by atoms with van der Waals surface area (Å²) in [4.78, 5) is 24.8. The molecule has 0 fully saturated rings. The van der Waals surface area contributed by atoms with Crippen LogP contribution in [0.25, 0.3) is 5.69 Å². The van der Waals surface area contributed by atoms with Crippen molar-refractivity contribution >= 4 is 17.6 Å². The van der Waals surface area contributed by atoms with E-state index in [4.69, 9.17) is 14.2 Å². The van der Waals surface area contributed by atoms with Gasteiger partial charge in [0, 0.05) is 23.6 Å². The molecule has 8 nitrogen and oxygen atoms in total. The molecule has 8 heteroatoms. The fourth-order valence-corrected chi connectivity index (χ4v) is 2.82. The van der Waals surface area contributed by atoms with Crippen molar-refractivity contribution < 1.29 is 23.8 Å². The number of hydrogen-bond donors (Lipinski definition) is 1. The van der Waals surface area contributed by atoms with Crippen LogP contribution in [0.5, 0.6) is 11.5 Å². The van der Waals surface area contributed by atoms with Crippen molar-refractivity contribution in [3.63, 3.8) is 0 Å². The van der Waals surface area contributed by atoms with E-state index in [-0.39, 0.29) is 0 Å². The average molecular weight is 409 g/mol. The molecule has 30 heavy (non-hydrogen) atoms. The molecule has 0 bridgehead atoms. The molecule has 0 spiro atoms. The first-order valence-electron chi connectivity index (χ1n) is 9.28. The maximum Gasteiger partial charge on any atom is 0.338 e. The monoisotopic (exact) mass is 409 g/mol. The van der Waals surface area contributed by atoms with Gasteiger partial charge in [0.1, 0.15) is 0 Å². The number of carbonyl (C=O) groups excluding carboxylic acids is 2. The number of ether oxygens (including phenoxy) is 3. The molecule has 1 N–H and O–H groups in total. The van der Waals surface area contributed by atoms with E-state index < -0.39 is 18.0 Å². The number of rotatable bonds is 7. The lowest BCUT2D eigenvalue weighted by Gasteiger charge is -2.15. The first-order chi connectivity index (χ1) is 14.4. The number of benzene rings is 2. The zero-order chi connectivity index (χ0) is 21.7. The molecule has 0 aliphatic rings. The van der Waals surface area contributed by atoms with E-state index in [0.29, 0.717) is 22.7 Å². The number of methoxy groups -OCH3 is 2. The van der Waals surface area contributed by atoms with E-state index in [2.05, 4.69) is 10.4 Å². The highest BCUT2D eigenvalue weighted by Crippen LogP contribution is 2.29. The summed E-state index contributed by atoms with van der Waals surface area (Å²) < 4.78 is 17.4. The third kappa shape index (κ3) is 4.60. The predicted octanol–water partition coefficient (Wildman–Crippen LogP) is 3.38. The number of aryl methyl sites for hydroxylation is 1. The Bertz CT molecular complexity index is 1040. The van der Waals surface area contributed by atoms with Gasteiger partial charge in [0.05, 0.1) is 25.5 Å². The number of carbonyl (C=O) groups is 2. The van der Waals surface area contributed by atoms with Gasteiger partial charge < -0.3 is 19.5 Å². The molecule has 1 aromatic heterocycles. The number of amides is 1. The van der Waals surface area contributed by atoms with Crippen molar-refractivity contribution in [1.82, 2.24) is 9.78 Å². The molecule has 3 aromatic rings. The van der Waals surface area contributed by atoms with Gasteiger partial charge >= 0.3 is 5.97 Å². The number of anilines is 1. The van der Waals surface area contributed by atoms with Gasteiger partial charge in [-0.3, -0.25) is 4.79 Å². The molecule has 0 unspecified atom stereocenters. The molecule has 3 rings (SSSR count). The highest BCUT2D eigenvalue weighted by atomic mass is 16.5. The van der Waals surface area contributed by atoms with E-state index in [1.807, 2.05) is 13.0 Å². The van der Waals surface area contributed by atoms with Crippen molar-refractivity contribution in [1.29, 1.82) is 0 Å². The van der Waals surface area contributed by atoms with Crippen LogP contribution in [-0.4, -0.2) is 42.0 Å². The fraction of sp³-hybridized carbons (Fsp3) is 0.227. The number of nitrogens with one attached hydrogen (secondary N) is 1. The second-order valence-corrected chi connectivity index (χ2v) is 6.54. The molecule has 0 aliphatic carbocycles. The molecule has 0 saturated carbocycles. The largest absolute Gasteiger partial charge is 0.493 e. The summed E-state index contributed by atoms with van der Waals surface area (Å²) in [6.45, 7) is 3.45. The second kappa shape index (κ2) is 9.13. The molecule has 0 radical (unpaired) electrons. The summed E-state index contributed by atoms with van der Waals surface area (Å²) in [7, 11) is 3.03. The Morgan fingerprint density at radius 1 is 1.00 bits per heavy atom. The van der Waals surface area contributed by atoms with Crippen molar-refractivity contribution in [2.45, 2.75) is 20.0 Å². The summed E-state index contributed by atoms with van der Waals surface area (Å²) in [5.41, 5.74) is 2.65. The summed E-state index contributed by atoms with van der Waals surface area (Å²) in [6, 6.07) is 13.7. The minimum atomic E-state index is -0.987. The Morgan fingerprint density at radius 3 is 2.30 bits per heavy atom. The lowest BCUT2D eigenvalue weighted by Crippen LogP contribution is -2.30. The predicted molar refractivity (Wildman–Crippen MR) is 111 cm³/mol. The third-order valence-corrected chi connectivity index (χ3v) is 4.48. The van der Waals surface area contributed by atoms with Crippen LogP contribution in [-0.2, 0) is 9.53 Å². The lowest BCUT2D eigenvalue weighted by molar-refractivity contribution is -0.123. The SMILES string of the molecule is COc1ccc(NC(=O)[C@H](C)OC(=O)c2ccc(-n3nccc3C)cc2)cc1OC. The van der Waals surface area contributed by atoms with Gasteiger partial charge in [-0.1, -0.05) is 0 Å². The van der Waals surface area contributed by atoms with Crippen LogP contribution >= 0.6 is 0 Å². The van der Waals surface area contributed by atoms with Gasteiger partial charge in [-0.05, 0) is 56.3 Å². The number of esters is 1. The van der Waals surface area contributed by atoms with Gasteiger partial charge in [-0.15, -0.1) is 0 Å². The van der Waals surface area contributed by atoms with E-state index in [1.165, 1.54) is 21.1 Å². The van der Waals surface area contributed by atoms with E-state index in [9.17, 15) is 9.59 Å². The van der Waals surface area contributed by atoms with Crippen LogP contribution in [0.2, 0.25) is 0 Å². The van der Waals surface area contributed by atoms with E-state index >= 15 is 0 Å². The van der Waals surface area contributed by atoms with Gasteiger partial charge in [-0.2, -0.15) is 5.10 Å². The fourth-order valence-electron chi connectivity index (χ4n) is 2.82. The first kappa shape index (κ1) is 20.9. The van der Waals surface area contributed by atoms with Gasteiger partial charge in [-0.25, -0.2) is 9.48 Å². The molecule has 1 atom stereocenters. The van der Waals surface area contributed by atoms with E-state index in [1.54, 1.807) is 53.3 Å². The molecule has 1 amide bonds. The minimum Gasteiger partial charge on any atom is -0.493 e. The Hall–Kier alpha value is -3.81. The highest BCUT2D eigenvalue weighted by molar-refractivity contribution is 5.97. The number of aromatic nitrogens is 2. The lowest BCUT2D eigenvalue weighted by atomic mass is 10.2. The summed E-state index contributed by atoms with van der Waals surface area (Å²) in [5.74, 6) is -0.0239. The Morgan fingerprint density at radius 2 is 1.70 bits per heavy atom. The molecule has 0 saturated heterocycles. The summed E-state index contributed by atoms with van der Waals surface area (Å²) in [5, 5.41) is 6.92. The molecule has 0 aliphatic heterocycles. The topological polar surface area (TPSA) is 91.7 Å². The second-order valence-electron chi connectivity index (χ2n) is 6.54. The van der Waals surface area contributed by atoms with Crippen LogP contribution in [0.3, 0.4) is 0 Å². The standard InChI is InChI=1S/C22H23N3O5/c1-14-11-12-23-25(14)18-8-5-16(6-9-18)22(27)30-15(2)21(26)24-17-7-10-19(28-3)20(13-17)29-4/h5-13,15H,1-4H3,(H,24,26)/t15-/m0/s1. The van der Waals surface area contributed by atoms with Crippen LogP contribution in [0, 0.1) is 6.92 Å². The quantitative estimate of drug-likeness (QED) is 0.602. The maximum atomic E-state index is 12.4. The molecule has 2 aromatic carbocycles. The molecule has 156 valence electrons. The Labute approximate surface area is 174 Å². The molecular formula is C22H23N3O5. The van der Waals surface area contributed by atoms with Crippen LogP contribution < -0.4 is 14.8 Å². The third-order valence-electron chi connectivity index (χ3n) is 4.48. The normalized spacial score (nSPS) is 11.5. The Balaban J connectivity index is 1.62. The number of hydrogen-bond acceptors (Lipinski definition) is 6. The van der Waals surface area contributed by atoms with Crippen molar-refractivity contribution in [3.05, 3.63) is 66.0 Å². The van der Waals surface area contributed by atoms with Crippen LogP contribution in [0.4, 0.5) is 5.69 Å². The zero-order valence-electron chi connectivity index (χ0n) is 17.2. The molecular weight excluding hydrogens is 386 g/mol. The minimum absolute atomic E-state index is 0.342. The van der Waals surface area contributed by atoms with Gasteiger partial charge in [0.2, 0.25) is 0 Å². The zero-order valence-corrected chi connectivity index (χ0v) is 17.2. The smallest absolute Gasteiger partial charge is 0.338 e. The summed E-state index contributed by atoms with van der Waals surface area (Å²) in [6.07, 6.45) is 0.717. The van der Waals surface area contributed by atoms with Gasteiger partial charge in [0.15, 0.2) is 17.6 Å². The van der Waals surface area contributed by atoms with Crippen molar-refractivity contribution in [2.75, 3.05) is 19.5 Å². The number of nitrogens with zero attached hydrogens (tertiary/aromatic N) is 2. The highest BCUT2D eigenvalue weighted by Gasteiger charge is 2.20. The van der Waals surface area contributed by atoms with Crippen LogP contribution in [0.1, 0.15) is 23.0 Å². The van der Waals surface area contributed by atoms with E-state index in [0.717, 1.165) is 11.4 Å². The van der Waals surface area contributed by atoms with Crippen molar-refractivity contribution in [3.8, 4) is 17.2 Å². The molecule has 1 heterocycles. The summed E-state index contributed by atoms with van der Waals surface area (Å²) >= 11 is 0. The maximum absolute atomic E-state index is 12.4. The van der Waals surface area contributed by atoms with Crippen molar-refractivity contribution in [2.24, 2.45) is 0 Å². The Kier molecular flexibility index (Phi) is 6.36.